The van der Waals surface area contributed by atoms with E-state index in [-0.39, 0.29) is 37.7 Å². The summed E-state index contributed by atoms with van der Waals surface area (Å²) in [5.74, 6) is -0.362. The molecule has 10 heteroatoms. The van der Waals surface area contributed by atoms with Crippen molar-refractivity contribution in [1.29, 1.82) is 0 Å². The maximum absolute atomic E-state index is 13.3. The topological polar surface area (TPSA) is 96.0 Å². The van der Waals surface area contributed by atoms with Gasteiger partial charge in [-0.2, -0.15) is 0 Å². The summed E-state index contributed by atoms with van der Waals surface area (Å²) in [7, 11) is -2.08. The molecule has 1 atom stereocenters. The van der Waals surface area contributed by atoms with Gasteiger partial charge < -0.3 is 15.0 Å². The molecule has 0 spiro atoms. The van der Waals surface area contributed by atoms with Crippen molar-refractivity contribution in [3.8, 4) is 5.75 Å². The summed E-state index contributed by atoms with van der Waals surface area (Å²) in [5, 5.41) is 2.91. The Bertz CT molecular complexity index is 1130. The molecule has 1 unspecified atom stereocenters. The Kier molecular flexibility index (Phi) is 9.86. The van der Waals surface area contributed by atoms with Crippen LogP contribution in [0.2, 0.25) is 0 Å². The lowest BCUT2D eigenvalue weighted by Gasteiger charge is -2.32. The van der Waals surface area contributed by atoms with Gasteiger partial charge in [0.25, 0.3) is 0 Å². The number of benzene rings is 2. The minimum Gasteiger partial charge on any atom is -0.497 e. The van der Waals surface area contributed by atoms with Crippen LogP contribution in [0.1, 0.15) is 46.1 Å². The van der Waals surface area contributed by atoms with E-state index in [1.165, 1.54) is 29.2 Å². The summed E-state index contributed by atoms with van der Waals surface area (Å²) >= 11 is 0. The highest BCUT2D eigenvalue weighted by molar-refractivity contribution is 7.92. The van der Waals surface area contributed by atoms with Crippen LogP contribution in [0.15, 0.2) is 48.5 Å². The Morgan fingerprint density at radius 1 is 1.06 bits per heavy atom. The molecule has 0 fully saturated rings. The van der Waals surface area contributed by atoms with Crippen LogP contribution in [-0.4, -0.2) is 56.6 Å². The number of hydrogen-bond donors (Lipinski definition) is 1. The first-order chi connectivity index (χ1) is 16.7. The number of methoxy groups -OCH3 is 1. The summed E-state index contributed by atoms with van der Waals surface area (Å²) in [6.07, 6.45) is 1.31. The average Bonchev–Trinajstić information content (AvgIpc) is 2.79. The molecule has 0 bridgehead atoms. The first kappa shape index (κ1) is 29.1. The Morgan fingerprint density at radius 2 is 1.64 bits per heavy atom. The van der Waals surface area contributed by atoms with Crippen molar-refractivity contribution in [3.63, 3.8) is 0 Å². The number of nitrogens with zero attached hydrogens (tertiary/aromatic N) is 2. The van der Waals surface area contributed by atoms with Gasteiger partial charge in [-0.05, 0) is 76.1 Å². The molecule has 0 saturated heterocycles. The first-order valence-electron chi connectivity index (χ1n) is 11.7. The molecule has 2 amide bonds. The third-order valence-corrected chi connectivity index (χ3v) is 6.64. The standard InChI is InChI=1S/C26H36FN3O5S/c1-19(25(32)28-26(2,3)4)29(18-20-9-15-23(35-5)16-10-20)24(31)8-7-17-30(36(6,33)34)22-13-11-21(27)12-14-22/h9-16,19H,7-8,17-18H2,1-6H3,(H,28,32). The zero-order valence-corrected chi connectivity index (χ0v) is 22.6. The van der Waals surface area contributed by atoms with E-state index in [2.05, 4.69) is 5.32 Å². The number of carbonyl (C=O) groups is 2. The number of amides is 2. The van der Waals surface area contributed by atoms with Crippen molar-refractivity contribution in [2.75, 3.05) is 24.2 Å². The summed E-state index contributed by atoms with van der Waals surface area (Å²) in [4.78, 5) is 27.7. The number of anilines is 1. The predicted octanol–water partition coefficient (Wildman–Crippen LogP) is 3.71. The molecule has 0 aliphatic carbocycles. The fraction of sp³-hybridized carbons (Fsp3) is 0.462. The number of ether oxygens (including phenoxy) is 1. The van der Waals surface area contributed by atoms with E-state index >= 15 is 0 Å². The lowest BCUT2D eigenvalue weighted by atomic mass is 10.1. The molecule has 2 aromatic carbocycles. The normalized spacial score (nSPS) is 12.5. The van der Waals surface area contributed by atoms with Gasteiger partial charge in [0.2, 0.25) is 21.8 Å². The smallest absolute Gasteiger partial charge is 0.242 e. The highest BCUT2D eigenvalue weighted by atomic mass is 32.2. The monoisotopic (exact) mass is 521 g/mol. The van der Waals surface area contributed by atoms with Crippen LogP contribution < -0.4 is 14.4 Å². The van der Waals surface area contributed by atoms with E-state index in [9.17, 15) is 22.4 Å². The van der Waals surface area contributed by atoms with Crippen molar-refractivity contribution in [2.24, 2.45) is 0 Å². The minimum atomic E-state index is -3.64. The molecule has 2 rings (SSSR count). The van der Waals surface area contributed by atoms with Crippen molar-refractivity contribution < 1.29 is 27.1 Å². The lowest BCUT2D eigenvalue weighted by Crippen LogP contribution is -2.52. The van der Waals surface area contributed by atoms with Gasteiger partial charge in [-0.3, -0.25) is 13.9 Å². The van der Waals surface area contributed by atoms with Gasteiger partial charge in [-0.25, -0.2) is 12.8 Å². The molecule has 0 saturated carbocycles. The van der Waals surface area contributed by atoms with Gasteiger partial charge in [0.05, 0.1) is 19.1 Å². The molecule has 8 nitrogen and oxygen atoms in total. The molecule has 0 radical (unpaired) electrons. The number of sulfonamides is 1. The second kappa shape index (κ2) is 12.2. The maximum Gasteiger partial charge on any atom is 0.242 e. The van der Waals surface area contributed by atoms with Crippen molar-refractivity contribution >= 4 is 27.5 Å². The van der Waals surface area contributed by atoms with Gasteiger partial charge in [-0.1, -0.05) is 12.1 Å². The van der Waals surface area contributed by atoms with Crippen LogP contribution in [0.5, 0.6) is 5.75 Å². The zero-order chi connectivity index (χ0) is 27.1. The quantitative estimate of drug-likeness (QED) is 0.486. The fourth-order valence-corrected chi connectivity index (χ4v) is 4.56. The molecule has 0 aliphatic heterocycles. The van der Waals surface area contributed by atoms with Crippen molar-refractivity contribution in [1.82, 2.24) is 10.2 Å². The third kappa shape index (κ3) is 8.82. The average molecular weight is 522 g/mol. The number of halogens is 1. The van der Waals surface area contributed by atoms with Crippen LogP contribution in [-0.2, 0) is 26.2 Å². The van der Waals surface area contributed by atoms with Crippen molar-refractivity contribution in [3.05, 3.63) is 59.9 Å². The predicted molar refractivity (Wildman–Crippen MR) is 139 cm³/mol. The van der Waals surface area contributed by atoms with E-state index in [0.29, 0.717) is 11.4 Å². The molecule has 36 heavy (non-hydrogen) atoms. The van der Waals surface area contributed by atoms with E-state index in [4.69, 9.17) is 4.74 Å². The Labute approximate surface area is 213 Å². The van der Waals surface area contributed by atoms with Crippen LogP contribution >= 0.6 is 0 Å². The number of nitrogens with one attached hydrogen (secondary N) is 1. The van der Waals surface area contributed by atoms with Crippen LogP contribution in [0, 0.1) is 5.82 Å². The van der Waals surface area contributed by atoms with E-state index in [1.54, 1.807) is 26.2 Å². The Morgan fingerprint density at radius 3 is 2.14 bits per heavy atom. The van der Waals surface area contributed by atoms with Gasteiger partial charge in [0, 0.05) is 25.0 Å². The molecule has 1 N–H and O–H groups in total. The maximum atomic E-state index is 13.3. The summed E-state index contributed by atoms with van der Waals surface area (Å²) in [6.45, 7) is 7.50. The van der Waals surface area contributed by atoms with Crippen LogP contribution in [0.3, 0.4) is 0 Å². The lowest BCUT2D eigenvalue weighted by molar-refractivity contribution is -0.141. The molecule has 0 aromatic heterocycles. The number of hydrogen-bond acceptors (Lipinski definition) is 5. The Hall–Kier alpha value is -3.14. The molecule has 0 heterocycles. The number of rotatable bonds is 11. The van der Waals surface area contributed by atoms with E-state index in [1.807, 2.05) is 32.9 Å². The molecular weight excluding hydrogens is 485 g/mol. The third-order valence-electron chi connectivity index (χ3n) is 5.44. The Balaban J connectivity index is 2.18. The molecule has 0 aliphatic rings. The summed E-state index contributed by atoms with van der Waals surface area (Å²) < 4.78 is 44.3. The largest absolute Gasteiger partial charge is 0.497 e. The van der Waals surface area contributed by atoms with Gasteiger partial charge >= 0.3 is 0 Å². The number of carbonyl (C=O) groups excluding carboxylic acids is 2. The zero-order valence-electron chi connectivity index (χ0n) is 21.7. The molecule has 198 valence electrons. The SMILES string of the molecule is COc1ccc(CN(C(=O)CCCN(c2ccc(F)cc2)S(C)(=O)=O)C(C)C(=O)NC(C)(C)C)cc1. The van der Waals surface area contributed by atoms with Gasteiger partial charge in [0.1, 0.15) is 17.6 Å². The van der Waals surface area contributed by atoms with E-state index in [0.717, 1.165) is 16.1 Å². The van der Waals surface area contributed by atoms with Gasteiger partial charge in [0.15, 0.2) is 0 Å². The molecule has 2 aromatic rings. The summed E-state index contributed by atoms with van der Waals surface area (Å²) in [6, 6.07) is 11.6. The summed E-state index contributed by atoms with van der Waals surface area (Å²) in [5.41, 5.74) is 0.675. The highest BCUT2D eigenvalue weighted by Crippen LogP contribution is 2.20. The minimum absolute atomic E-state index is 0.0243. The second-order valence-corrected chi connectivity index (χ2v) is 11.6. The van der Waals surface area contributed by atoms with Gasteiger partial charge in [-0.15, -0.1) is 0 Å². The highest BCUT2D eigenvalue weighted by Gasteiger charge is 2.28. The van der Waals surface area contributed by atoms with Crippen LogP contribution in [0.4, 0.5) is 10.1 Å². The van der Waals surface area contributed by atoms with E-state index < -0.39 is 27.4 Å². The fourth-order valence-electron chi connectivity index (χ4n) is 3.60. The second-order valence-electron chi connectivity index (χ2n) is 9.70. The van der Waals surface area contributed by atoms with Crippen LogP contribution in [0.25, 0.3) is 0 Å². The molecular formula is C26H36FN3O5S. The van der Waals surface area contributed by atoms with Crippen molar-refractivity contribution in [2.45, 2.75) is 58.7 Å². The first-order valence-corrected chi connectivity index (χ1v) is 13.5.